The Balaban J connectivity index is 1.53. The van der Waals surface area contributed by atoms with E-state index in [1.807, 2.05) is 0 Å². The molecular weight excluding hydrogens is 294 g/mol. The summed E-state index contributed by atoms with van der Waals surface area (Å²) in [7, 11) is -3.39. The Morgan fingerprint density at radius 2 is 1.52 bits per heavy atom. The van der Waals surface area contributed by atoms with E-state index in [9.17, 15) is 13.2 Å². The standard InChI is InChI=1S/C13H23N3O4S/c17-13(14-12-1-2-12)11-3-5-15(6-4-11)21(18,19)16-7-9-20-10-8-16/h11-12H,1-10H2,(H,14,17). The van der Waals surface area contributed by atoms with Crippen molar-refractivity contribution < 1.29 is 17.9 Å². The largest absolute Gasteiger partial charge is 0.379 e. The highest BCUT2D eigenvalue weighted by atomic mass is 32.2. The predicted octanol–water partition coefficient (Wildman–Crippen LogP) is -0.446. The minimum Gasteiger partial charge on any atom is -0.379 e. The maximum atomic E-state index is 12.5. The summed E-state index contributed by atoms with van der Waals surface area (Å²) in [5.74, 6) is 0.0580. The monoisotopic (exact) mass is 317 g/mol. The molecule has 0 bridgehead atoms. The van der Waals surface area contributed by atoms with E-state index < -0.39 is 10.2 Å². The zero-order valence-corrected chi connectivity index (χ0v) is 13.0. The van der Waals surface area contributed by atoms with Crippen molar-refractivity contribution in [2.45, 2.75) is 31.7 Å². The molecule has 1 N–H and O–H groups in total. The molecular formula is C13H23N3O4S. The summed E-state index contributed by atoms with van der Waals surface area (Å²) in [5, 5.41) is 3.01. The quantitative estimate of drug-likeness (QED) is 0.762. The first-order chi connectivity index (χ1) is 10.1. The number of carbonyl (C=O) groups excluding carboxylic acids is 1. The lowest BCUT2D eigenvalue weighted by molar-refractivity contribution is -0.126. The third-order valence-electron chi connectivity index (χ3n) is 4.37. The van der Waals surface area contributed by atoms with Gasteiger partial charge >= 0.3 is 0 Å². The van der Waals surface area contributed by atoms with Crippen molar-refractivity contribution in [3.05, 3.63) is 0 Å². The second-order valence-electron chi connectivity index (χ2n) is 5.98. The summed E-state index contributed by atoms with van der Waals surface area (Å²) in [6.45, 7) is 2.62. The molecule has 3 fully saturated rings. The molecule has 2 saturated heterocycles. The summed E-state index contributed by atoms with van der Waals surface area (Å²) in [4.78, 5) is 12.0. The highest BCUT2D eigenvalue weighted by Gasteiger charge is 2.36. The number of ether oxygens (including phenoxy) is 1. The van der Waals surface area contributed by atoms with Gasteiger partial charge in [0, 0.05) is 38.1 Å². The molecule has 0 unspecified atom stereocenters. The molecule has 0 atom stereocenters. The fraction of sp³-hybridized carbons (Fsp3) is 0.923. The fourth-order valence-corrected chi connectivity index (χ4v) is 4.45. The number of carbonyl (C=O) groups is 1. The molecule has 0 aromatic carbocycles. The number of amides is 1. The first-order valence-corrected chi connectivity index (χ1v) is 9.10. The van der Waals surface area contributed by atoms with E-state index in [-0.39, 0.29) is 11.8 Å². The average molecular weight is 317 g/mol. The van der Waals surface area contributed by atoms with Crippen LogP contribution < -0.4 is 5.32 Å². The Kier molecular flexibility index (Phi) is 4.49. The van der Waals surface area contributed by atoms with E-state index in [0.29, 0.717) is 58.3 Å². The van der Waals surface area contributed by atoms with Gasteiger partial charge in [0.15, 0.2) is 0 Å². The van der Waals surface area contributed by atoms with E-state index in [4.69, 9.17) is 4.74 Å². The molecule has 1 amide bonds. The molecule has 0 spiro atoms. The molecule has 3 aliphatic rings. The van der Waals surface area contributed by atoms with Gasteiger partial charge in [0.05, 0.1) is 13.2 Å². The molecule has 21 heavy (non-hydrogen) atoms. The minimum atomic E-state index is -3.39. The molecule has 2 aliphatic heterocycles. The van der Waals surface area contributed by atoms with Crippen molar-refractivity contribution in [1.82, 2.24) is 13.9 Å². The average Bonchev–Trinajstić information content (AvgIpc) is 3.32. The first kappa shape index (κ1) is 15.2. The van der Waals surface area contributed by atoms with Gasteiger partial charge in [-0.1, -0.05) is 0 Å². The third kappa shape index (κ3) is 3.56. The van der Waals surface area contributed by atoms with Gasteiger partial charge in [-0.05, 0) is 25.7 Å². The molecule has 1 aliphatic carbocycles. The molecule has 0 radical (unpaired) electrons. The number of hydrogen-bond acceptors (Lipinski definition) is 4. The molecule has 0 aromatic rings. The number of piperidine rings is 1. The Bertz CT molecular complexity index is 478. The van der Waals surface area contributed by atoms with Crippen LogP contribution >= 0.6 is 0 Å². The zero-order chi connectivity index (χ0) is 14.9. The molecule has 3 rings (SSSR count). The smallest absolute Gasteiger partial charge is 0.282 e. The molecule has 120 valence electrons. The topological polar surface area (TPSA) is 79.0 Å². The van der Waals surface area contributed by atoms with Gasteiger partial charge in [-0.3, -0.25) is 4.79 Å². The second kappa shape index (κ2) is 6.20. The van der Waals surface area contributed by atoms with Gasteiger partial charge in [-0.25, -0.2) is 0 Å². The molecule has 1 saturated carbocycles. The maximum absolute atomic E-state index is 12.5. The van der Waals surface area contributed by atoms with Crippen LogP contribution in [0.4, 0.5) is 0 Å². The van der Waals surface area contributed by atoms with Crippen molar-refractivity contribution in [1.29, 1.82) is 0 Å². The molecule has 2 heterocycles. The van der Waals surface area contributed by atoms with Crippen molar-refractivity contribution in [2.24, 2.45) is 5.92 Å². The summed E-state index contributed by atoms with van der Waals surface area (Å²) in [6, 6.07) is 0.368. The number of rotatable bonds is 4. The van der Waals surface area contributed by atoms with Crippen LogP contribution in [0.25, 0.3) is 0 Å². The second-order valence-corrected chi connectivity index (χ2v) is 7.90. The summed E-state index contributed by atoms with van der Waals surface area (Å²) in [5.41, 5.74) is 0. The fourth-order valence-electron chi connectivity index (χ4n) is 2.84. The van der Waals surface area contributed by atoms with Crippen LogP contribution in [0.3, 0.4) is 0 Å². The molecule has 7 nitrogen and oxygen atoms in total. The van der Waals surface area contributed by atoms with Crippen molar-refractivity contribution in [3.63, 3.8) is 0 Å². The predicted molar refractivity (Wildman–Crippen MR) is 76.8 cm³/mol. The highest BCUT2D eigenvalue weighted by molar-refractivity contribution is 7.86. The Morgan fingerprint density at radius 3 is 2.10 bits per heavy atom. The number of morpholine rings is 1. The molecule has 8 heteroatoms. The van der Waals surface area contributed by atoms with Crippen LogP contribution in [0.1, 0.15) is 25.7 Å². The van der Waals surface area contributed by atoms with Gasteiger partial charge in [-0.15, -0.1) is 0 Å². The maximum Gasteiger partial charge on any atom is 0.282 e. The van der Waals surface area contributed by atoms with E-state index in [0.717, 1.165) is 12.8 Å². The van der Waals surface area contributed by atoms with Crippen molar-refractivity contribution >= 4 is 16.1 Å². The normalized spacial score (nSPS) is 26.7. The van der Waals surface area contributed by atoms with Crippen LogP contribution in [0.2, 0.25) is 0 Å². The zero-order valence-electron chi connectivity index (χ0n) is 12.2. The Hall–Kier alpha value is -0.700. The molecule has 0 aromatic heterocycles. The summed E-state index contributed by atoms with van der Waals surface area (Å²) >= 11 is 0. The Morgan fingerprint density at radius 1 is 0.952 bits per heavy atom. The van der Waals surface area contributed by atoms with E-state index in [1.165, 1.54) is 8.61 Å². The number of nitrogens with one attached hydrogen (secondary N) is 1. The van der Waals surface area contributed by atoms with Crippen LogP contribution in [0.5, 0.6) is 0 Å². The minimum absolute atomic E-state index is 0.0401. The van der Waals surface area contributed by atoms with Gasteiger partial charge in [0.25, 0.3) is 10.2 Å². The van der Waals surface area contributed by atoms with Crippen LogP contribution in [-0.4, -0.2) is 68.4 Å². The van der Waals surface area contributed by atoms with Gasteiger partial charge < -0.3 is 10.1 Å². The Labute approximate surface area is 125 Å². The van der Waals surface area contributed by atoms with Crippen LogP contribution in [-0.2, 0) is 19.7 Å². The number of nitrogens with zero attached hydrogens (tertiary/aromatic N) is 2. The lowest BCUT2D eigenvalue weighted by Crippen LogP contribution is -2.51. The van der Waals surface area contributed by atoms with Crippen molar-refractivity contribution in [2.75, 3.05) is 39.4 Å². The van der Waals surface area contributed by atoms with Gasteiger partial charge in [0.1, 0.15) is 0 Å². The van der Waals surface area contributed by atoms with Crippen LogP contribution in [0.15, 0.2) is 0 Å². The SMILES string of the molecule is O=C(NC1CC1)C1CCN(S(=O)(=O)N2CCOCC2)CC1. The first-order valence-electron chi connectivity index (χ1n) is 7.71. The van der Waals surface area contributed by atoms with Crippen molar-refractivity contribution in [3.8, 4) is 0 Å². The third-order valence-corrected chi connectivity index (χ3v) is 6.41. The van der Waals surface area contributed by atoms with E-state index >= 15 is 0 Å². The van der Waals surface area contributed by atoms with Crippen LogP contribution in [0, 0.1) is 5.92 Å². The van der Waals surface area contributed by atoms with Gasteiger partial charge in [-0.2, -0.15) is 17.0 Å². The van der Waals surface area contributed by atoms with Gasteiger partial charge in [0.2, 0.25) is 5.91 Å². The highest BCUT2D eigenvalue weighted by Crippen LogP contribution is 2.24. The summed E-state index contributed by atoms with van der Waals surface area (Å²) in [6.07, 6.45) is 3.39. The van der Waals surface area contributed by atoms with E-state index in [2.05, 4.69) is 5.32 Å². The lowest BCUT2D eigenvalue weighted by atomic mass is 9.97. The lowest BCUT2D eigenvalue weighted by Gasteiger charge is -2.35. The number of hydrogen-bond donors (Lipinski definition) is 1. The summed E-state index contributed by atoms with van der Waals surface area (Å²) < 4.78 is 33.2. The van der Waals surface area contributed by atoms with E-state index in [1.54, 1.807) is 0 Å².